The lowest BCUT2D eigenvalue weighted by Gasteiger charge is -2.43. The average molecular weight is 682 g/mol. The number of rotatable bonds is 1. The quantitative estimate of drug-likeness (QED) is 0.132. The number of phenolic OH excluding ortho intramolecular Hbond substituents is 3. The minimum Gasteiger partial charge on any atom is -0.508 e. The van der Waals surface area contributed by atoms with E-state index in [0.717, 1.165) is 32.1 Å². The molecule has 9 nitrogen and oxygen atoms in total. The summed E-state index contributed by atoms with van der Waals surface area (Å²) in [5.41, 5.74) is 4.30. The maximum atomic E-state index is 12.7. The van der Waals surface area contributed by atoms with E-state index in [1.807, 2.05) is 6.07 Å². The molecule has 0 aromatic heterocycles. The first-order valence-electron chi connectivity index (χ1n) is 15.3. The molecule has 3 N–H and O–H groups in total. The number of hydrogen-bond donors (Lipinski definition) is 3. The number of carbonyl (C=O) groups is 3. The molecule has 2 saturated carbocycles. The topological polar surface area (TPSA) is 140 Å². The Bertz CT molecular complexity index is 1930. The van der Waals surface area contributed by atoms with E-state index < -0.39 is 23.4 Å². The van der Waals surface area contributed by atoms with Crippen LogP contribution >= 0.6 is 23.2 Å². The molecular weight excluding hydrogens is 647 g/mol. The van der Waals surface area contributed by atoms with Gasteiger partial charge in [0.05, 0.1) is 12.1 Å². The SMILES string of the molecule is CC12CCC3C(=CCc4cc(O)ccc43)C1CCC2=O.COC(=O)c1c(C)c2c(c(C)c1O)OC(=O)c1c(C)c(Cl)c(O)c(Cl)c1O2. The Morgan fingerprint density at radius 3 is 2.34 bits per heavy atom. The maximum absolute atomic E-state index is 12.7. The molecule has 3 aromatic carbocycles. The van der Waals surface area contributed by atoms with Crippen molar-refractivity contribution in [1.82, 2.24) is 0 Å². The third kappa shape index (κ3) is 5.02. The standard InChI is InChI=1S/C18H14Cl2O7.C18H20O2/c1-5-9-16(11(20)13(22)10(5)19)26-14-6(2)8(17(23)25-4)12(21)7(3)15(14)27-18(9)24;1-18-9-8-14-13-5-3-12(19)10-11(13)2-4-15(14)16(18)6-7-17(18)20/h21-22H,1-4H3;3-5,10,14,16,19H,2,6-9H2,1H3. The number of carbonyl (C=O) groups excluding carboxylic acids is 3. The van der Waals surface area contributed by atoms with Crippen molar-refractivity contribution in [1.29, 1.82) is 0 Å². The average Bonchev–Trinajstić information content (AvgIpc) is 3.26. The smallest absolute Gasteiger partial charge is 0.347 e. The Labute approximate surface area is 281 Å². The van der Waals surface area contributed by atoms with Crippen LogP contribution in [-0.4, -0.2) is 40.2 Å². The lowest BCUT2D eigenvalue weighted by molar-refractivity contribution is -0.126. The summed E-state index contributed by atoms with van der Waals surface area (Å²) in [5.74, 6) is -0.977. The molecule has 47 heavy (non-hydrogen) atoms. The highest BCUT2D eigenvalue weighted by Crippen LogP contribution is 2.58. The summed E-state index contributed by atoms with van der Waals surface area (Å²) in [6.45, 7) is 6.61. The first-order chi connectivity index (χ1) is 22.2. The molecular formula is C36H34Cl2O9. The van der Waals surface area contributed by atoms with E-state index in [-0.39, 0.29) is 60.5 Å². The van der Waals surface area contributed by atoms with Crippen molar-refractivity contribution in [2.75, 3.05) is 7.11 Å². The zero-order valence-corrected chi connectivity index (χ0v) is 28.1. The molecule has 2 fully saturated rings. The van der Waals surface area contributed by atoms with E-state index in [0.29, 0.717) is 23.4 Å². The number of ether oxygens (including phenoxy) is 3. The summed E-state index contributed by atoms with van der Waals surface area (Å²) < 4.78 is 15.9. The molecule has 3 aliphatic carbocycles. The lowest BCUT2D eigenvalue weighted by atomic mass is 9.60. The van der Waals surface area contributed by atoms with Crippen LogP contribution in [0.25, 0.3) is 0 Å². The van der Waals surface area contributed by atoms with Gasteiger partial charge in [0.15, 0.2) is 23.0 Å². The molecule has 0 saturated heterocycles. The molecule has 3 aromatic rings. The number of aromatic hydroxyl groups is 3. The van der Waals surface area contributed by atoms with Crippen molar-refractivity contribution in [3.8, 4) is 34.5 Å². The number of allylic oxidation sites excluding steroid dienone is 2. The number of halogens is 2. The van der Waals surface area contributed by atoms with Crippen LogP contribution < -0.4 is 9.47 Å². The number of ketones is 1. The number of hydrogen-bond acceptors (Lipinski definition) is 9. The Morgan fingerprint density at radius 1 is 0.936 bits per heavy atom. The fraction of sp³-hybridized carbons (Fsp3) is 0.361. The van der Waals surface area contributed by atoms with Gasteiger partial charge in [-0.15, -0.1) is 0 Å². The minimum atomic E-state index is -0.835. The van der Waals surface area contributed by atoms with Gasteiger partial charge in [-0.2, -0.15) is 0 Å². The monoisotopic (exact) mass is 680 g/mol. The summed E-state index contributed by atoms with van der Waals surface area (Å²) in [6, 6.07) is 5.79. The van der Waals surface area contributed by atoms with Crippen LogP contribution in [0.3, 0.4) is 0 Å². The molecule has 0 spiro atoms. The molecule has 0 bridgehead atoms. The molecule has 1 heterocycles. The van der Waals surface area contributed by atoms with Gasteiger partial charge in [0.1, 0.15) is 33.4 Å². The molecule has 3 unspecified atom stereocenters. The second kappa shape index (κ2) is 11.8. The van der Waals surface area contributed by atoms with E-state index in [1.54, 1.807) is 6.07 Å². The molecule has 0 radical (unpaired) electrons. The van der Waals surface area contributed by atoms with Crippen molar-refractivity contribution in [3.05, 3.63) is 78.8 Å². The van der Waals surface area contributed by atoms with E-state index in [1.165, 1.54) is 44.6 Å². The third-order valence-corrected chi connectivity index (χ3v) is 11.1. The number of benzene rings is 3. The third-order valence-electron chi connectivity index (χ3n) is 10.3. The largest absolute Gasteiger partial charge is 0.508 e. The Morgan fingerprint density at radius 2 is 1.64 bits per heavy atom. The number of phenols is 3. The van der Waals surface area contributed by atoms with Crippen LogP contribution in [0.5, 0.6) is 34.5 Å². The fourth-order valence-electron chi connectivity index (χ4n) is 7.62. The highest BCUT2D eigenvalue weighted by molar-refractivity contribution is 6.39. The molecule has 1 aliphatic heterocycles. The molecule has 3 atom stereocenters. The maximum Gasteiger partial charge on any atom is 0.347 e. The summed E-state index contributed by atoms with van der Waals surface area (Å²) in [5, 5.41) is 29.8. The Balaban J connectivity index is 0.000000171. The Hall–Kier alpha value is -4.21. The zero-order chi connectivity index (χ0) is 34.1. The second-order valence-corrected chi connectivity index (χ2v) is 13.5. The van der Waals surface area contributed by atoms with Crippen LogP contribution in [0.1, 0.15) is 87.1 Å². The van der Waals surface area contributed by atoms with Crippen LogP contribution in [0, 0.1) is 32.1 Å². The van der Waals surface area contributed by atoms with Gasteiger partial charge in [-0.05, 0) is 81.2 Å². The van der Waals surface area contributed by atoms with E-state index >= 15 is 0 Å². The molecule has 7 rings (SSSR count). The van der Waals surface area contributed by atoms with Crippen LogP contribution in [-0.2, 0) is 16.0 Å². The molecule has 11 heteroatoms. The van der Waals surface area contributed by atoms with Gasteiger partial charge in [-0.3, -0.25) is 4.79 Å². The van der Waals surface area contributed by atoms with Crippen LogP contribution in [0.15, 0.2) is 29.8 Å². The molecule has 0 amide bonds. The number of Topliss-reactive ketones (excluding diaryl/α,β-unsaturated/α-hetero) is 1. The molecule has 246 valence electrons. The van der Waals surface area contributed by atoms with Gasteiger partial charge in [-0.1, -0.05) is 47.8 Å². The first-order valence-corrected chi connectivity index (χ1v) is 16.1. The van der Waals surface area contributed by atoms with Gasteiger partial charge in [0.25, 0.3) is 0 Å². The Kier molecular flexibility index (Phi) is 8.21. The number of fused-ring (bicyclic) bond motifs is 7. The zero-order valence-electron chi connectivity index (χ0n) is 26.5. The summed E-state index contributed by atoms with van der Waals surface area (Å²) >= 11 is 12.2. The van der Waals surface area contributed by atoms with Crippen molar-refractivity contribution < 1.29 is 43.9 Å². The van der Waals surface area contributed by atoms with Gasteiger partial charge in [-0.25, -0.2) is 9.59 Å². The van der Waals surface area contributed by atoms with Gasteiger partial charge < -0.3 is 29.5 Å². The predicted molar refractivity (Wildman–Crippen MR) is 175 cm³/mol. The highest BCUT2D eigenvalue weighted by atomic mass is 35.5. The van der Waals surface area contributed by atoms with E-state index in [4.69, 9.17) is 37.4 Å². The normalized spacial score (nSPS) is 22.1. The fourth-order valence-corrected chi connectivity index (χ4v) is 8.08. The van der Waals surface area contributed by atoms with Crippen molar-refractivity contribution in [2.45, 2.75) is 65.7 Å². The number of esters is 2. The lowest BCUT2D eigenvalue weighted by Crippen LogP contribution is -2.37. The van der Waals surface area contributed by atoms with Crippen molar-refractivity contribution >= 4 is 40.9 Å². The summed E-state index contributed by atoms with van der Waals surface area (Å²) in [4.78, 5) is 37.0. The number of methoxy groups -OCH3 is 1. The van der Waals surface area contributed by atoms with E-state index in [2.05, 4.69) is 19.1 Å². The van der Waals surface area contributed by atoms with Gasteiger partial charge in [0.2, 0.25) is 0 Å². The van der Waals surface area contributed by atoms with Gasteiger partial charge >= 0.3 is 11.9 Å². The van der Waals surface area contributed by atoms with Crippen molar-refractivity contribution in [2.24, 2.45) is 11.3 Å². The second-order valence-electron chi connectivity index (χ2n) is 12.7. The first kappa shape index (κ1) is 32.7. The minimum absolute atomic E-state index is 0.0131. The van der Waals surface area contributed by atoms with Crippen molar-refractivity contribution in [3.63, 3.8) is 0 Å². The summed E-state index contributed by atoms with van der Waals surface area (Å²) in [6.07, 6.45) is 7.11. The van der Waals surface area contributed by atoms with Gasteiger partial charge in [0, 0.05) is 28.9 Å². The predicted octanol–water partition coefficient (Wildman–Crippen LogP) is 8.18. The van der Waals surface area contributed by atoms with Crippen LogP contribution in [0.2, 0.25) is 10.0 Å². The summed E-state index contributed by atoms with van der Waals surface area (Å²) in [7, 11) is 1.17. The van der Waals surface area contributed by atoms with Crippen LogP contribution in [0.4, 0.5) is 0 Å². The highest BCUT2D eigenvalue weighted by Gasteiger charge is 2.52. The molecule has 4 aliphatic rings. The van der Waals surface area contributed by atoms with E-state index in [9.17, 15) is 29.7 Å².